The maximum atomic E-state index is 12.2. The number of nitrogens with zero attached hydrogens (tertiary/aromatic N) is 6. The summed E-state index contributed by atoms with van der Waals surface area (Å²) in [4.78, 5) is 21.5. The van der Waals surface area contributed by atoms with E-state index in [0.717, 1.165) is 54.4 Å². The highest BCUT2D eigenvalue weighted by molar-refractivity contribution is 5.83. The second kappa shape index (κ2) is 8.97. The van der Waals surface area contributed by atoms with E-state index in [-0.39, 0.29) is 23.1 Å². The van der Waals surface area contributed by atoms with Crippen molar-refractivity contribution in [3.05, 3.63) is 53.9 Å². The van der Waals surface area contributed by atoms with E-state index in [0.29, 0.717) is 17.0 Å². The van der Waals surface area contributed by atoms with Crippen LogP contribution in [0.15, 0.2) is 47.0 Å². The Kier molecular flexibility index (Phi) is 5.70. The highest BCUT2D eigenvalue weighted by atomic mass is 16.5. The first-order valence-corrected chi connectivity index (χ1v) is 12.7. The van der Waals surface area contributed by atoms with Crippen molar-refractivity contribution in [1.29, 1.82) is 0 Å². The highest BCUT2D eigenvalue weighted by Crippen LogP contribution is 2.45. The molecule has 3 aromatic heterocycles. The SMILES string of the molecule is COC(=O)C(c1cc(N2CC3(C2)CN(c2cc4nnc(-c5ccccc5O)cc4nc2C)C3)no1)C(C)C. The molecule has 1 atom stereocenters. The van der Waals surface area contributed by atoms with Gasteiger partial charge in [0.25, 0.3) is 0 Å². The first-order valence-electron chi connectivity index (χ1n) is 12.7. The van der Waals surface area contributed by atoms with Crippen LogP contribution in [0.4, 0.5) is 11.5 Å². The molecule has 2 fully saturated rings. The Balaban J connectivity index is 1.13. The minimum atomic E-state index is -0.461. The molecule has 1 aromatic carbocycles. The number of aromatic nitrogens is 4. The molecule has 1 N–H and O–H groups in total. The van der Waals surface area contributed by atoms with Crippen LogP contribution < -0.4 is 9.80 Å². The van der Waals surface area contributed by atoms with E-state index < -0.39 is 5.92 Å². The summed E-state index contributed by atoms with van der Waals surface area (Å²) in [5, 5.41) is 23.1. The molecule has 0 amide bonds. The predicted octanol–water partition coefficient (Wildman–Crippen LogP) is 3.93. The van der Waals surface area contributed by atoms with Crippen LogP contribution >= 0.6 is 0 Å². The quantitative estimate of drug-likeness (QED) is 0.379. The molecular weight excluding hydrogens is 484 g/mol. The molecule has 0 radical (unpaired) electrons. The fraction of sp³-hybridized carbons (Fsp3) is 0.393. The average molecular weight is 515 g/mol. The molecule has 0 bridgehead atoms. The van der Waals surface area contributed by atoms with Gasteiger partial charge in [-0.3, -0.25) is 4.79 Å². The number of carbonyl (C=O) groups is 1. The third-order valence-corrected chi connectivity index (χ3v) is 7.63. The summed E-state index contributed by atoms with van der Waals surface area (Å²) in [6.45, 7) is 9.54. The van der Waals surface area contributed by atoms with Crippen LogP contribution in [0.25, 0.3) is 22.3 Å². The van der Waals surface area contributed by atoms with Gasteiger partial charge in [-0.25, -0.2) is 4.98 Å². The number of ether oxygens (including phenoxy) is 1. The molecule has 1 spiro atoms. The lowest BCUT2D eigenvalue weighted by Gasteiger charge is -2.61. The van der Waals surface area contributed by atoms with E-state index in [1.807, 2.05) is 51.1 Å². The first kappa shape index (κ1) is 24.1. The van der Waals surface area contributed by atoms with E-state index in [9.17, 15) is 9.90 Å². The number of hydrogen-bond donors (Lipinski definition) is 1. The van der Waals surface area contributed by atoms with Crippen molar-refractivity contribution < 1.29 is 19.2 Å². The van der Waals surface area contributed by atoms with Crippen molar-refractivity contribution in [2.45, 2.75) is 26.7 Å². The Morgan fingerprint density at radius 2 is 1.79 bits per heavy atom. The molecule has 38 heavy (non-hydrogen) atoms. The lowest BCUT2D eigenvalue weighted by atomic mass is 9.72. The van der Waals surface area contributed by atoms with Crippen LogP contribution in [-0.2, 0) is 9.53 Å². The van der Waals surface area contributed by atoms with Crippen LogP contribution in [0.5, 0.6) is 5.75 Å². The molecule has 10 nitrogen and oxygen atoms in total. The number of para-hydroxylation sites is 1. The van der Waals surface area contributed by atoms with Crippen LogP contribution in [0.1, 0.15) is 31.2 Å². The van der Waals surface area contributed by atoms with Crippen molar-refractivity contribution in [3.63, 3.8) is 0 Å². The normalized spacial score (nSPS) is 17.0. The average Bonchev–Trinajstić information content (AvgIpc) is 3.31. The van der Waals surface area contributed by atoms with Crippen LogP contribution in [0, 0.1) is 18.3 Å². The van der Waals surface area contributed by atoms with Gasteiger partial charge in [-0.1, -0.05) is 31.1 Å². The molecule has 2 aliphatic heterocycles. The summed E-state index contributed by atoms with van der Waals surface area (Å²) in [6.07, 6.45) is 0. The van der Waals surface area contributed by atoms with Crippen LogP contribution in [0.2, 0.25) is 0 Å². The lowest BCUT2D eigenvalue weighted by Crippen LogP contribution is -2.72. The number of aryl methyl sites for hydroxylation is 1. The van der Waals surface area contributed by atoms with Crippen LogP contribution in [0.3, 0.4) is 0 Å². The Bertz CT molecular complexity index is 1520. The van der Waals surface area contributed by atoms with Gasteiger partial charge in [-0.15, -0.1) is 10.2 Å². The smallest absolute Gasteiger partial charge is 0.316 e. The third-order valence-electron chi connectivity index (χ3n) is 7.63. The molecule has 0 aliphatic carbocycles. The maximum Gasteiger partial charge on any atom is 0.316 e. The summed E-state index contributed by atoms with van der Waals surface area (Å²) in [6, 6.07) is 12.9. The summed E-state index contributed by atoms with van der Waals surface area (Å²) >= 11 is 0. The number of carbonyl (C=O) groups excluding carboxylic acids is 1. The number of fused-ring (bicyclic) bond motifs is 1. The van der Waals surface area contributed by atoms with Crippen LogP contribution in [-0.4, -0.2) is 64.7 Å². The largest absolute Gasteiger partial charge is 0.507 e. The van der Waals surface area contributed by atoms with Crippen molar-refractivity contribution in [1.82, 2.24) is 20.3 Å². The number of esters is 1. The highest BCUT2D eigenvalue weighted by Gasteiger charge is 2.53. The standard InChI is InChI=1S/C28H30N6O4/c1-16(2)26(27(36)37-4)24-11-25(32-38-24)34-14-28(15-34)12-33(13-28)22-10-21-20(29-17(22)3)9-19(30-31-21)18-7-5-6-8-23(18)35/h5-11,16,26,35H,12-15H2,1-4H3. The summed E-state index contributed by atoms with van der Waals surface area (Å²) in [5.74, 6) is 0.750. The summed E-state index contributed by atoms with van der Waals surface area (Å²) < 4.78 is 10.5. The van der Waals surface area contributed by atoms with E-state index in [1.54, 1.807) is 12.1 Å². The van der Waals surface area contributed by atoms with Gasteiger partial charge in [0.15, 0.2) is 11.6 Å². The predicted molar refractivity (Wildman–Crippen MR) is 142 cm³/mol. The van der Waals surface area contributed by atoms with Gasteiger partial charge in [0, 0.05) is 43.2 Å². The zero-order valence-electron chi connectivity index (χ0n) is 21.9. The van der Waals surface area contributed by atoms with Crippen molar-refractivity contribution >= 4 is 28.5 Å². The number of pyridine rings is 1. The molecule has 0 saturated carbocycles. The van der Waals surface area contributed by atoms with E-state index in [1.165, 1.54) is 7.11 Å². The summed E-state index contributed by atoms with van der Waals surface area (Å²) in [7, 11) is 1.39. The molecule has 5 heterocycles. The van der Waals surface area contributed by atoms with Gasteiger partial charge in [0.2, 0.25) is 0 Å². The Morgan fingerprint density at radius 1 is 1.05 bits per heavy atom. The third kappa shape index (κ3) is 4.00. The molecule has 2 saturated heterocycles. The number of rotatable bonds is 6. The first-order chi connectivity index (χ1) is 18.3. The number of phenolic OH excluding ortho intramolecular Hbond substituents is 1. The van der Waals surface area contributed by atoms with Gasteiger partial charge in [-0.2, -0.15) is 0 Å². The lowest BCUT2D eigenvalue weighted by molar-refractivity contribution is -0.144. The fourth-order valence-electron chi connectivity index (χ4n) is 5.68. The number of methoxy groups -OCH3 is 1. The molecule has 4 aromatic rings. The monoisotopic (exact) mass is 514 g/mol. The Morgan fingerprint density at radius 3 is 2.50 bits per heavy atom. The van der Waals surface area contributed by atoms with Gasteiger partial charge < -0.3 is 24.2 Å². The zero-order valence-corrected chi connectivity index (χ0v) is 21.9. The van der Waals surface area contributed by atoms with E-state index in [2.05, 4.69) is 25.2 Å². The second-order valence-corrected chi connectivity index (χ2v) is 10.8. The van der Waals surface area contributed by atoms with Crippen molar-refractivity contribution in [3.8, 4) is 17.0 Å². The topological polar surface area (TPSA) is 118 Å². The number of anilines is 2. The van der Waals surface area contributed by atoms with E-state index >= 15 is 0 Å². The molecular formula is C28H30N6O4. The summed E-state index contributed by atoms with van der Waals surface area (Å²) in [5.41, 5.74) is 4.89. The molecule has 2 aliphatic rings. The minimum Gasteiger partial charge on any atom is -0.507 e. The molecule has 1 unspecified atom stereocenters. The van der Waals surface area contributed by atoms with Gasteiger partial charge in [0.1, 0.15) is 17.2 Å². The number of aromatic hydroxyl groups is 1. The molecule has 6 rings (SSSR count). The molecule has 196 valence electrons. The minimum absolute atomic E-state index is 0.0479. The fourth-order valence-corrected chi connectivity index (χ4v) is 5.68. The van der Waals surface area contributed by atoms with Gasteiger partial charge >= 0.3 is 5.97 Å². The van der Waals surface area contributed by atoms with Crippen molar-refractivity contribution in [2.75, 3.05) is 43.1 Å². The Hall–Kier alpha value is -4.21. The zero-order chi connectivity index (χ0) is 26.6. The maximum absolute atomic E-state index is 12.2. The van der Waals surface area contributed by atoms with Gasteiger partial charge in [-0.05, 0) is 37.1 Å². The Labute approximate surface area is 220 Å². The van der Waals surface area contributed by atoms with Crippen molar-refractivity contribution in [2.24, 2.45) is 11.3 Å². The number of phenols is 1. The number of benzene rings is 1. The van der Waals surface area contributed by atoms with Gasteiger partial charge in [0.05, 0.1) is 29.7 Å². The molecule has 10 heteroatoms. The van der Waals surface area contributed by atoms with E-state index in [4.69, 9.17) is 14.2 Å². The second-order valence-electron chi connectivity index (χ2n) is 10.8. The number of hydrogen-bond acceptors (Lipinski definition) is 10.